The van der Waals surface area contributed by atoms with E-state index in [1.165, 1.54) is 16.5 Å². The Morgan fingerprint density at radius 1 is 1.18 bits per heavy atom. The van der Waals surface area contributed by atoms with Crippen LogP contribution in [0.4, 0.5) is 0 Å². The largest absolute Gasteiger partial charge is 0.343 e. The van der Waals surface area contributed by atoms with Crippen LogP contribution in [0.1, 0.15) is 5.56 Å². The molecular formula is C14H11BrN2. The molecule has 2 aromatic heterocycles. The summed E-state index contributed by atoms with van der Waals surface area (Å²) in [4.78, 5) is 4.14. The monoisotopic (exact) mass is 286 g/mol. The van der Waals surface area contributed by atoms with E-state index in [0.717, 1.165) is 11.0 Å². The van der Waals surface area contributed by atoms with E-state index >= 15 is 0 Å². The molecule has 3 rings (SSSR count). The van der Waals surface area contributed by atoms with Crippen LogP contribution in [-0.4, -0.2) is 9.55 Å². The predicted octanol–water partition coefficient (Wildman–Crippen LogP) is 3.85. The van der Waals surface area contributed by atoms with Crippen molar-refractivity contribution in [3.8, 4) is 0 Å². The maximum absolute atomic E-state index is 4.14. The van der Waals surface area contributed by atoms with Gasteiger partial charge in [0.2, 0.25) is 0 Å². The summed E-state index contributed by atoms with van der Waals surface area (Å²) in [7, 11) is 0. The fourth-order valence-corrected chi connectivity index (χ4v) is 2.33. The summed E-state index contributed by atoms with van der Waals surface area (Å²) in [5, 5.41) is 1.26. The summed E-state index contributed by atoms with van der Waals surface area (Å²) in [5.74, 6) is 0. The summed E-state index contributed by atoms with van der Waals surface area (Å²) in [6, 6.07) is 12.5. The van der Waals surface area contributed by atoms with Gasteiger partial charge in [0.05, 0.1) is 0 Å². The lowest BCUT2D eigenvalue weighted by Gasteiger charge is -2.05. The Morgan fingerprint density at radius 2 is 2.12 bits per heavy atom. The molecule has 17 heavy (non-hydrogen) atoms. The van der Waals surface area contributed by atoms with Gasteiger partial charge in [0.15, 0.2) is 0 Å². The van der Waals surface area contributed by atoms with Crippen molar-refractivity contribution >= 4 is 26.8 Å². The lowest BCUT2D eigenvalue weighted by molar-refractivity contribution is 0.831. The Labute approximate surface area is 108 Å². The molecule has 2 nitrogen and oxygen atoms in total. The van der Waals surface area contributed by atoms with Gasteiger partial charge >= 0.3 is 0 Å². The Balaban J connectivity index is 2.03. The molecule has 0 saturated carbocycles. The third kappa shape index (κ3) is 2.11. The van der Waals surface area contributed by atoms with Crippen LogP contribution in [0.2, 0.25) is 0 Å². The second kappa shape index (κ2) is 4.34. The lowest BCUT2D eigenvalue weighted by Crippen LogP contribution is -1.97. The Kier molecular flexibility index (Phi) is 2.69. The van der Waals surface area contributed by atoms with E-state index in [4.69, 9.17) is 0 Å². The molecule has 1 aromatic carbocycles. The molecule has 84 valence electrons. The van der Waals surface area contributed by atoms with Crippen molar-refractivity contribution in [1.29, 1.82) is 0 Å². The Morgan fingerprint density at radius 3 is 2.94 bits per heavy atom. The number of rotatable bonds is 2. The van der Waals surface area contributed by atoms with Crippen LogP contribution in [0.25, 0.3) is 10.9 Å². The number of hydrogen-bond acceptors (Lipinski definition) is 1. The third-order valence-corrected chi connectivity index (χ3v) is 3.30. The van der Waals surface area contributed by atoms with E-state index in [1.54, 1.807) is 6.20 Å². The average Bonchev–Trinajstić information content (AvgIpc) is 2.73. The highest BCUT2D eigenvalue weighted by Crippen LogP contribution is 2.21. The zero-order chi connectivity index (χ0) is 11.7. The van der Waals surface area contributed by atoms with E-state index in [9.17, 15) is 0 Å². The van der Waals surface area contributed by atoms with Gasteiger partial charge in [-0.15, -0.1) is 0 Å². The predicted molar refractivity (Wildman–Crippen MR) is 73.0 cm³/mol. The van der Waals surface area contributed by atoms with Gasteiger partial charge in [-0.2, -0.15) is 0 Å². The molecule has 0 radical (unpaired) electrons. The molecule has 0 spiro atoms. The fourth-order valence-electron chi connectivity index (χ4n) is 1.98. The minimum atomic E-state index is 0.855. The van der Waals surface area contributed by atoms with Gasteiger partial charge in [-0.25, -0.2) is 0 Å². The average molecular weight is 287 g/mol. The van der Waals surface area contributed by atoms with E-state index in [-0.39, 0.29) is 0 Å². The van der Waals surface area contributed by atoms with Crippen molar-refractivity contribution in [1.82, 2.24) is 9.55 Å². The quantitative estimate of drug-likeness (QED) is 0.700. The molecule has 3 aromatic rings. The van der Waals surface area contributed by atoms with Gasteiger partial charge in [-0.05, 0) is 35.2 Å². The number of hydrogen-bond donors (Lipinski definition) is 0. The molecule has 0 aliphatic heterocycles. The summed E-state index contributed by atoms with van der Waals surface area (Å²) in [6.45, 7) is 0.855. The molecule has 0 atom stereocenters. The number of halogens is 1. The minimum absolute atomic E-state index is 0.855. The summed E-state index contributed by atoms with van der Waals surface area (Å²) < 4.78 is 3.34. The maximum Gasteiger partial charge on any atom is 0.0494 e. The van der Waals surface area contributed by atoms with Gasteiger partial charge < -0.3 is 4.57 Å². The van der Waals surface area contributed by atoms with E-state index in [1.807, 2.05) is 12.3 Å². The standard InChI is InChI=1S/C14H11BrN2/c15-13-4-3-12-5-7-17(14(12)8-13)10-11-2-1-6-16-9-11/h1-9H,10H2. The number of aromatic nitrogens is 2. The minimum Gasteiger partial charge on any atom is -0.343 e. The topological polar surface area (TPSA) is 17.8 Å². The lowest BCUT2D eigenvalue weighted by atomic mass is 10.2. The number of nitrogens with zero attached hydrogens (tertiary/aromatic N) is 2. The zero-order valence-electron chi connectivity index (χ0n) is 9.18. The molecule has 0 bridgehead atoms. The molecule has 2 heterocycles. The molecule has 0 aliphatic carbocycles. The highest BCUT2D eigenvalue weighted by Gasteiger charge is 2.02. The van der Waals surface area contributed by atoms with Crippen LogP contribution in [0, 0.1) is 0 Å². The number of fused-ring (bicyclic) bond motifs is 1. The molecule has 0 N–H and O–H groups in total. The Bertz CT molecular complexity index is 644. The summed E-state index contributed by atoms with van der Waals surface area (Å²) >= 11 is 3.51. The second-order valence-corrected chi connectivity index (χ2v) is 4.92. The first kappa shape index (κ1) is 10.5. The smallest absolute Gasteiger partial charge is 0.0494 e. The van der Waals surface area contributed by atoms with E-state index in [2.05, 4.69) is 62.0 Å². The van der Waals surface area contributed by atoms with Crippen molar-refractivity contribution in [3.05, 3.63) is 65.0 Å². The highest BCUT2D eigenvalue weighted by atomic mass is 79.9. The van der Waals surface area contributed by atoms with Crippen LogP contribution in [0.3, 0.4) is 0 Å². The second-order valence-electron chi connectivity index (χ2n) is 4.01. The van der Waals surface area contributed by atoms with Gasteiger partial charge in [-0.3, -0.25) is 4.98 Å². The van der Waals surface area contributed by atoms with Crippen molar-refractivity contribution < 1.29 is 0 Å². The van der Waals surface area contributed by atoms with Gasteiger partial charge in [0, 0.05) is 35.1 Å². The molecule has 3 heteroatoms. The van der Waals surface area contributed by atoms with Crippen LogP contribution in [0.5, 0.6) is 0 Å². The number of benzene rings is 1. The van der Waals surface area contributed by atoms with Crippen LogP contribution < -0.4 is 0 Å². The van der Waals surface area contributed by atoms with Gasteiger partial charge in [0.25, 0.3) is 0 Å². The maximum atomic E-state index is 4.14. The van der Waals surface area contributed by atoms with Crippen LogP contribution >= 0.6 is 15.9 Å². The summed E-state index contributed by atoms with van der Waals surface area (Å²) in [6.07, 6.45) is 5.82. The van der Waals surface area contributed by atoms with E-state index in [0.29, 0.717) is 0 Å². The fraction of sp³-hybridized carbons (Fsp3) is 0.0714. The van der Waals surface area contributed by atoms with Crippen molar-refractivity contribution in [3.63, 3.8) is 0 Å². The molecule has 0 saturated heterocycles. The van der Waals surface area contributed by atoms with E-state index < -0.39 is 0 Å². The molecule has 0 aliphatic rings. The van der Waals surface area contributed by atoms with Crippen molar-refractivity contribution in [2.45, 2.75) is 6.54 Å². The SMILES string of the molecule is Brc1ccc2ccn(Cc3cccnc3)c2c1. The molecule has 0 amide bonds. The molecular weight excluding hydrogens is 276 g/mol. The number of pyridine rings is 1. The van der Waals surface area contributed by atoms with Crippen molar-refractivity contribution in [2.24, 2.45) is 0 Å². The van der Waals surface area contributed by atoms with Crippen molar-refractivity contribution in [2.75, 3.05) is 0 Å². The molecule has 0 unspecified atom stereocenters. The normalized spacial score (nSPS) is 10.9. The van der Waals surface area contributed by atoms with Crippen LogP contribution in [-0.2, 0) is 6.54 Å². The third-order valence-electron chi connectivity index (χ3n) is 2.81. The first-order valence-corrected chi connectivity index (χ1v) is 6.25. The van der Waals surface area contributed by atoms with Crippen LogP contribution in [0.15, 0.2) is 59.5 Å². The zero-order valence-corrected chi connectivity index (χ0v) is 10.8. The molecule has 0 fully saturated rings. The highest BCUT2D eigenvalue weighted by molar-refractivity contribution is 9.10. The first-order valence-electron chi connectivity index (χ1n) is 5.46. The first-order chi connectivity index (χ1) is 8.33. The van der Waals surface area contributed by atoms with Gasteiger partial charge in [0.1, 0.15) is 0 Å². The van der Waals surface area contributed by atoms with Gasteiger partial charge in [-0.1, -0.05) is 28.1 Å². The summed E-state index contributed by atoms with van der Waals surface area (Å²) in [5.41, 5.74) is 2.45. The Hall–Kier alpha value is -1.61.